The van der Waals surface area contributed by atoms with E-state index in [1.165, 1.54) is 22.3 Å². The highest BCUT2D eigenvalue weighted by Crippen LogP contribution is 2.19. The van der Waals surface area contributed by atoms with Gasteiger partial charge >= 0.3 is 0 Å². The Morgan fingerprint density at radius 1 is 0.789 bits per heavy atom. The van der Waals surface area contributed by atoms with E-state index in [1.54, 1.807) is 0 Å². The summed E-state index contributed by atoms with van der Waals surface area (Å²) in [6.45, 7) is 7.57. The molecule has 0 fully saturated rings. The molecule has 0 unspecified atom stereocenters. The van der Waals surface area contributed by atoms with Gasteiger partial charge < -0.3 is 0 Å². The fourth-order valence-corrected chi connectivity index (χ4v) is 2.79. The lowest BCUT2D eigenvalue weighted by Crippen LogP contribution is -1.85. The third-order valence-corrected chi connectivity index (χ3v) is 4.01. The second-order valence-corrected chi connectivity index (χ2v) is 5.37. The quantitative estimate of drug-likeness (QED) is 0.674. The number of hydrogen-bond acceptors (Lipinski definition) is 1. The Bertz CT molecular complexity index is 552. The Balaban J connectivity index is 1.88. The van der Waals surface area contributed by atoms with E-state index in [9.17, 15) is 0 Å². The largest absolute Gasteiger partial charge is 0.152 e. The first kappa shape index (κ1) is 13.7. The van der Waals surface area contributed by atoms with Crippen molar-refractivity contribution < 1.29 is 0 Å². The molecule has 96 valence electrons. The summed E-state index contributed by atoms with van der Waals surface area (Å²) >= 11 is 1.93. The average molecular weight is 266 g/mol. The predicted molar refractivity (Wildman–Crippen MR) is 88.1 cm³/mol. The first-order valence-corrected chi connectivity index (χ1v) is 7.48. The van der Waals surface area contributed by atoms with Crippen LogP contribution in [-0.4, -0.2) is 0 Å². The van der Waals surface area contributed by atoms with Crippen LogP contribution in [0.4, 0.5) is 0 Å². The van der Waals surface area contributed by atoms with Crippen LogP contribution in [0.3, 0.4) is 0 Å². The average Bonchev–Trinajstić information content (AvgIpc) is 2.48. The molecule has 0 saturated heterocycles. The second-order valence-electron chi connectivity index (χ2n) is 4.39. The van der Waals surface area contributed by atoms with E-state index < -0.39 is 0 Å². The molecule has 0 spiro atoms. The topological polar surface area (TPSA) is 0 Å². The summed E-state index contributed by atoms with van der Waals surface area (Å²) in [6.07, 6.45) is 3.76. The van der Waals surface area contributed by atoms with Gasteiger partial charge in [-0.1, -0.05) is 73.8 Å². The summed E-state index contributed by atoms with van der Waals surface area (Å²) in [5, 5.41) is 0. The SMILES string of the molecule is C=Cc1ccc(CSCc2cccc(C=C)c2)cc1. The maximum atomic E-state index is 3.80. The Kier molecular flexibility index (Phi) is 5.05. The summed E-state index contributed by atoms with van der Waals surface area (Å²) in [5.74, 6) is 2.07. The summed E-state index contributed by atoms with van der Waals surface area (Å²) in [5.41, 5.74) is 5.07. The van der Waals surface area contributed by atoms with Gasteiger partial charge in [-0.3, -0.25) is 0 Å². The van der Waals surface area contributed by atoms with E-state index in [0.717, 1.165) is 11.5 Å². The van der Waals surface area contributed by atoms with Crippen molar-refractivity contribution in [3.8, 4) is 0 Å². The molecule has 0 aliphatic rings. The summed E-state index contributed by atoms with van der Waals surface area (Å²) in [6, 6.07) is 17.1. The lowest BCUT2D eigenvalue weighted by atomic mass is 10.1. The molecule has 0 aliphatic heterocycles. The normalized spacial score (nSPS) is 10.1. The van der Waals surface area contributed by atoms with Gasteiger partial charge in [0, 0.05) is 11.5 Å². The minimum absolute atomic E-state index is 1.03. The van der Waals surface area contributed by atoms with Gasteiger partial charge in [-0.05, 0) is 22.3 Å². The van der Waals surface area contributed by atoms with Crippen LogP contribution >= 0.6 is 11.8 Å². The van der Waals surface area contributed by atoms with Crippen molar-refractivity contribution >= 4 is 23.9 Å². The molecule has 2 rings (SSSR count). The number of benzene rings is 2. The molecular formula is C18H18S. The summed E-state index contributed by atoms with van der Waals surface area (Å²) in [7, 11) is 0. The fourth-order valence-electron chi connectivity index (χ4n) is 1.85. The Morgan fingerprint density at radius 2 is 1.47 bits per heavy atom. The van der Waals surface area contributed by atoms with Crippen molar-refractivity contribution in [1.82, 2.24) is 0 Å². The zero-order valence-electron chi connectivity index (χ0n) is 11.0. The van der Waals surface area contributed by atoms with Crippen molar-refractivity contribution in [3.63, 3.8) is 0 Å². The van der Waals surface area contributed by atoms with E-state index >= 15 is 0 Å². The van der Waals surface area contributed by atoms with E-state index in [0.29, 0.717) is 0 Å². The van der Waals surface area contributed by atoms with Crippen LogP contribution in [0, 0.1) is 0 Å². The van der Waals surface area contributed by atoms with E-state index in [-0.39, 0.29) is 0 Å². The van der Waals surface area contributed by atoms with Gasteiger partial charge in [0.05, 0.1) is 0 Å². The third kappa shape index (κ3) is 4.15. The van der Waals surface area contributed by atoms with Gasteiger partial charge in [-0.15, -0.1) is 0 Å². The molecule has 0 aromatic heterocycles. The maximum Gasteiger partial charge on any atom is 0.0188 e. The number of hydrogen-bond donors (Lipinski definition) is 0. The van der Waals surface area contributed by atoms with Gasteiger partial charge in [-0.25, -0.2) is 0 Å². The molecule has 1 heteroatoms. The molecule has 0 aliphatic carbocycles. The monoisotopic (exact) mass is 266 g/mol. The van der Waals surface area contributed by atoms with Crippen molar-refractivity contribution in [1.29, 1.82) is 0 Å². The minimum Gasteiger partial charge on any atom is -0.152 e. The summed E-state index contributed by atoms with van der Waals surface area (Å²) in [4.78, 5) is 0. The molecular weight excluding hydrogens is 248 g/mol. The lowest BCUT2D eigenvalue weighted by molar-refractivity contribution is 1.36. The Morgan fingerprint density at radius 3 is 2.16 bits per heavy atom. The van der Waals surface area contributed by atoms with Crippen molar-refractivity contribution in [2.75, 3.05) is 0 Å². The Labute approximate surface area is 119 Å². The van der Waals surface area contributed by atoms with Crippen molar-refractivity contribution in [2.24, 2.45) is 0 Å². The Hall–Kier alpha value is -1.73. The standard InChI is InChI=1S/C18H18S/c1-3-15-8-10-17(11-9-15)13-19-14-18-7-5-6-16(4-2)12-18/h3-12H,1-2,13-14H2. The maximum absolute atomic E-state index is 3.80. The van der Waals surface area contributed by atoms with Gasteiger partial charge in [0.25, 0.3) is 0 Å². The van der Waals surface area contributed by atoms with E-state index in [1.807, 2.05) is 23.9 Å². The number of rotatable bonds is 6. The minimum atomic E-state index is 1.03. The van der Waals surface area contributed by atoms with Gasteiger partial charge in [0.2, 0.25) is 0 Å². The molecule has 0 N–H and O–H groups in total. The molecule has 2 aromatic carbocycles. The molecule has 0 bridgehead atoms. The molecule has 0 heterocycles. The van der Waals surface area contributed by atoms with Crippen LogP contribution in [0.25, 0.3) is 12.2 Å². The van der Waals surface area contributed by atoms with Crippen LogP contribution in [0.2, 0.25) is 0 Å². The highest BCUT2D eigenvalue weighted by molar-refractivity contribution is 7.97. The highest BCUT2D eigenvalue weighted by atomic mass is 32.2. The van der Waals surface area contributed by atoms with Crippen molar-refractivity contribution in [3.05, 3.63) is 83.9 Å². The highest BCUT2D eigenvalue weighted by Gasteiger charge is 1.97. The predicted octanol–water partition coefficient (Wildman–Crippen LogP) is 5.41. The zero-order chi connectivity index (χ0) is 13.5. The molecule has 2 aromatic rings. The molecule has 0 nitrogen and oxygen atoms in total. The number of thioether (sulfide) groups is 1. The molecule has 0 atom stereocenters. The molecule has 0 amide bonds. The van der Waals surface area contributed by atoms with E-state index in [2.05, 4.69) is 61.7 Å². The third-order valence-electron chi connectivity index (χ3n) is 2.94. The molecule has 19 heavy (non-hydrogen) atoms. The van der Waals surface area contributed by atoms with E-state index in [4.69, 9.17) is 0 Å². The lowest BCUT2D eigenvalue weighted by Gasteiger charge is -2.04. The van der Waals surface area contributed by atoms with Crippen LogP contribution in [0.5, 0.6) is 0 Å². The van der Waals surface area contributed by atoms with Gasteiger partial charge in [-0.2, -0.15) is 11.8 Å². The smallest absolute Gasteiger partial charge is 0.0188 e. The van der Waals surface area contributed by atoms with Crippen molar-refractivity contribution in [2.45, 2.75) is 11.5 Å². The summed E-state index contributed by atoms with van der Waals surface area (Å²) < 4.78 is 0. The first-order chi connectivity index (χ1) is 9.31. The van der Waals surface area contributed by atoms with Crippen LogP contribution in [-0.2, 0) is 11.5 Å². The van der Waals surface area contributed by atoms with Crippen LogP contribution in [0.15, 0.2) is 61.7 Å². The fraction of sp³-hybridized carbons (Fsp3) is 0.111. The second kappa shape index (κ2) is 7.01. The van der Waals surface area contributed by atoms with Crippen LogP contribution < -0.4 is 0 Å². The van der Waals surface area contributed by atoms with Crippen LogP contribution in [0.1, 0.15) is 22.3 Å². The van der Waals surface area contributed by atoms with Gasteiger partial charge in [0.1, 0.15) is 0 Å². The van der Waals surface area contributed by atoms with Gasteiger partial charge in [0.15, 0.2) is 0 Å². The molecule has 0 saturated carbocycles. The first-order valence-electron chi connectivity index (χ1n) is 6.32. The zero-order valence-corrected chi connectivity index (χ0v) is 11.8. The molecule has 0 radical (unpaired) electrons.